The van der Waals surface area contributed by atoms with Crippen LogP contribution in [0.3, 0.4) is 0 Å². The highest BCUT2D eigenvalue weighted by molar-refractivity contribution is 9.10. The van der Waals surface area contributed by atoms with Crippen molar-refractivity contribution < 1.29 is 9.59 Å². The number of halogens is 1. The van der Waals surface area contributed by atoms with Gasteiger partial charge in [0.05, 0.1) is 11.1 Å². The topological polar surface area (TPSA) is 56.8 Å². The first-order valence-corrected chi connectivity index (χ1v) is 11.3. The van der Waals surface area contributed by atoms with Gasteiger partial charge in [-0.05, 0) is 30.3 Å². The molecule has 0 N–H and O–H groups in total. The van der Waals surface area contributed by atoms with Gasteiger partial charge in [0, 0.05) is 66.9 Å². The number of carbonyl (C=O) groups excluding carboxylic acids is 2. The number of aromatic nitrogens is 1. The number of piperazine rings is 1. The lowest BCUT2D eigenvalue weighted by molar-refractivity contribution is 0.00853. The number of likely N-dealkylation sites (tertiary alicyclic amines) is 1. The van der Waals surface area contributed by atoms with Gasteiger partial charge >= 0.3 is 0 Å². The molecule has 158 valence electrons. The lowest BCUT2D eigenvalue weighted by Crippen LogP contribution is -2.64. The summed E-state index contributed by atoms with van der Waals surface area (Å²) in [6, 6.07) is 17.6. The predicted octanol–water partition coefficient (Wildman–Crippen LogP) is 3.28. The molecule has 2 aromatic carbocycles. The Hall–Kier alpha value is -2.77. The third-order valence-electron chi connectivity index (χ3n) is 6.18. The molecule has 0 radical (unpaired) electrons. The molecule has 2 saturated heterocycles. The van der Waals surface area contributed by atoms with E-state index in [1.165, 1.54) is 0 Å². The SMILES string of the molecule is O=C(c1ccccc1)N1CCN(C2CN(C(=O)c3cnc4cc(Br)ccc4c3)C2)CC1. The second-order valence-corrected chi connectivity index (χ2v) is 9.03. The number of hydrogen-bond acceptors (Lipinski definition) is 4. The summed E-state index contributed by atoms with van der Waals surface area (Å²) in [5, 5.41) is 0.963. The van der Waals surface area contributed by atoms with Crippen molar-refractivity contribution >= 4 is 38.6 Å². The number of pyridine rings is 1. The Morgan fingerprint density at radius 2 is 1.55 bits per heavy atom. The Kier molecular flexibility index (Phi) is 5.46. The van der Waals surface area contributed by atoms with Gasteiger partial charge in [0.2, 0.25) is 0 Å². The minimum absolute atomic E-state index is 0.0338. The molecular weight excluding hydrogens is 456 g/mol. The number of amides is 2. The molecule has 0 bridgehead atoms. The molecule has 3 aromatic rings. The Morgan fingerprint density at radius 3 is 2.29 bits per heavy atom. The summed E-state index contributed by atoms with van der Waals surface area (Å²) in [5.41, 5.74) is 2.24. The Labute approximate surface area is 189 Å². The van der Waals surface area contributed by atoms with E-state index in [0.717, 1.165) is 60.2 Å². The normalized spacial score (nSPS) is 17.6. The number of hydrogen-bond donors (Lipinski definition) is 0. The van der Waals surface area contributed by atoms with Crippen LogP contribution in [0.25, 0.3) is 10.9 Å². The van der Waals surface area contributed by atoms with Crippen molar-refractivity contribution in [1.82, 2.24) is 19.7 Å². The van der Waals surface area contributed by atoms with E-state index in [-0.39, 0.29) is 11.8 Å². The van der Waals surface area contributed by atoms with Crippen LogP contribution in [0, 0.1) is 0 Å². The monoisotopic (exact) mass is 478 g/mol. The first kappa shape index (κ1) is 20.2. The fourth-order valence-corrected chi connectivity index (χ4v) is 4.65. The summed E-state index contributed by atoms with van der Waals surface area (Å²) in [4.78, 5) is 36.1. The van der Waals surface area contributed by atoms with Crippen LogP contribution >= 0.6 is 15.9 Å². The van der Waals surface area contributed by atoms with Crippen LogP contribution in [0.4, 0.5) is 0 Å². The maximum absolute atomic E-state index is 12.9. The summed E-state index contributed by atoms with van der Waals surface area (Å²) in [6.07, 6.45) is 1.67. The molecule has 7 heteroatoms. The minimum atomic E-state index is 0.0338. The van der Waals surface area contributed by atoms with Crippen LogP contribution in [0.1, 0.15) is 20.7 Å². The van der Waals surface area contributed by atoms with Crippen molar-refractivity contribution in [1.29, 1.82) is 0 Å². The molecule has 5 rings (SSSR count). The highest BCUT2D eigenvalue weighted by Gasteiger charge is 2.37. The molecule has 0 unspecified atom stereocenters. The van der Waals surface area contributed by atoms with E-state index >= 15 is 0 Å². The fraction of sp³-hybridized carbons (Fsp3) is 0.292. The van der Waals surface area contributed by atoms with Gasteiger partial charge in [-0.3, -0.25) is 19.5 Å². The first-order chi connectivity index (χ1) is 15.1. The van der Waals surface area contributed by atoms with Crippen LogP contribution in [0.15, 0.2) is 65.3 Å². The van der Waals surface area contributed by atoms with Gasteiger partial charge in [-0.25, -0.2) is 0 Å². The summed E-state index contributed by atoms with van der Waals surface area (Å²) < 4.78 is 0.975. The third kappa shape index (κ3) is 4.07. The fourth-order valence-electron chi connectivity index (χ4n) is 4.30. The molecule has 31 heavy (non-hydrogen) atoms. The van der Waals surface area contributed by atoms with Crippen LogP contribution in [0.2, 0.25) is 0 Å². The van der Waals surface area contributed by atoms with Gasteiger partial charge in [0.1, 0.15) is 0 Å². The second-order valence-electron chi connectivity index (χ2n) is 8.12. The molecule has 2 aliphatic rings. The van der Waals surface area contributed by atoms with E-state index < -0.39 is 0 Å². The van der Waals surface area contributed by atoms with E-state index in [9.17, 15) is 9.59 Å². The molecular formula is C24H23BrN4O2. The first-order valence-electron chi connectivity index (χ1n) is 10.5. The van der Waals surface area contributed by atoms with Crippen molar-refractivity contribution in [3.8, 4) is 0 Å². The highest BCUT2D eigenvalue weighted by Crippen LogP contribution is 2.23. The Morgan fingerprint density at radius 1 is 0.839 bits per heavy atom. The molecule has 2 aliphatic heterocycles. The van der Waals surface area contributed by atoms with E-state index in [0.29, 0.717) is 11.6 Å². The van der Waals surface area contributed by atoms with Gasteiger partial charge in [0.25, 0.3) is 11.8 Å². The lowest BCUT2D eigenvalue weighted by Gasteiger charge is -2.48. The number of rotatable bonds is 3. The number of carbonyl (C=O) groups is 2. The van der Waals surface area contributed by atoms with E-state index in [2.05, 4.69) is 25.8 Å². The van der Waals surface area contributed by atoms with Crippen molar-refractivity contribution in [3.63, 3.8) is 0 Å². The van der Waals surface area contributed by atoms with Gasteiger partial charge in [-0.15, -0.1) is 0 Å². The van der Waals surface area contributed by atoms with Gasteiger partial charge in [-0.2, -0.15) is 0 Å². The van der Waals surface area contributed by atoms with Crippen LogP contribution in [0.5, 0.6) is 0 Å². The zero-order valence-electron chi connectivity index (χ0n) is 17.1. The third-order valence-corrected chi connectivity index (χ3v) is 6.67. The molecule has 3 heterocycles. The zero-order chi connectivity index (χ0) is 21.4. The van der Waals surface area contributed by atoms with Crippen molar-refractivity contribution in [3.05, 3.63) is 76.4 Å². The van der Waals surface area contributed by atoms with Gasteiger partial charge < -0.3 is 9.80 Å². The predicted molar refractivity (Wildman–Crippen MR) is 123 cm³/mol. The molecule has 2 amide bonds. The molecule has 0 saturated carbocycles. The minimum Gasteiger partial charge on any atom is -0.336 e. The second kappa shape index (κ2) is 8.40. The van der Waals surface area contributed by atoms with Crippen molar-refractivity contribution in [2.45, 2.75) is 6.04 Å². The molecule has 2 fully saturated rings. The lowest BCUT2D eigenvalue weighted by atomic mass is 10.0. The standard InChI is InChI=1S/C24H23BrN4O2/c25-20-7-6-18-12-19(14-26-22(18)13-20)24(31)29-15-21(16-29)27-8-10-28(11-9-27)23(30)17-4-2-1-3-5-17/h1-7,12-14,21H,8-11,15-16H2. The van der Waals surface area contributed by atoms with E-state index in [1.54, 1.807) is 6.20 Å². The molecule has 0 atom stereocenters. The van der Waals surface area contributed by atoms with E-state index in [4.69, 9.17) is 0 Å². The van der Waals surface area contributed by atoms with Crippen molar-refractivity contribution in [2.24, 2.45) is 0 Å². The largest absolute Gasteiger partial charge is 0.336 e. The average Bonchev–Trinajstić information content (AvgIpc) is 2.78. The summed E-state index contributed by atoms with van der Waals surface area (Å²) in [5.74, 6) is 0.132. The summed E-state index contributed by atoms with van der Waals surface area (Å²) in [6.45, 7) is 4.59. The molecule has 1 aromatic heterocycles. The quantitative estimate of drug-likeness (QED) is 0.579. The van der Waals surface area contributed by atoms with E-state index in [1.807, 2.05) is 64.4 Å². The number of nitrogens with zero attached hydrogens (tertiary/aromatic N) is 4. The van der Waals surface area contributed by atoms with Gasteiger partial charge in [0.15, 0.2) is 0 Å². The molecule has 0 spiro atoms. The maximum atomic E-state index is 12.9. The summed E-state index contributed by atoms with van der Waals surface area (Å²) >= 11 is 3.45. The molecule has 0 aliphatic carbocycles. The number of benzene rings is 2. The van der Waals surface area contributed by atoms with Crippen LogP contribution in [-0.2, 0) is 0 Å². The highest BCUT2D eigenvalue weighted by atomic mass is 79.9. The van der Waals surface area contributed by atoms with Crippen LogP contribution in [-0.4, -0.2) is 76.8 Å². The average molecular weight is 479 g/mol. The zero-order valence-corrected chi connectivity index (χ0v) is 18.7. The summed E-state index contributed by atoms with van der Waals surface area (Å²) in [7, 11) is 0. The Bertz CT molecular complexity index is 1120. The number of fused-ring (bicyclic) bond motifs is 1. The smallest absolute Gasteiger partial charge is 0.255 e. The molecule has 6 nitrogen and oxygen atoms in total. The van der Waals surface area contributed by atoms with Crippen LogP contribution < -0.4 is 0 Å². The maximum Gasteiger partial charge on any atom is 0.255 e. The Balaban J connectivity index is 1.15. The van der Waals surface area contributed by atoms with Crippen molar-refractivity contribution in [2.75, 3.05) is 39.3 Å². The van der Waals surface area contributed by atoms with Gasteiger partial charge in [-0.1, -0.05) is 40.2 Å².